The number of benzene rings is 7. The second-order valence-electron chi connectivity index (χ2n) is 22.4. The molecule has 0 spiro atoms. The highest BCUT2D eigenvalue weighted by molar-refractivity contribution is 5.89. The van der Waals surface area contributed by atoms with Crippen LogP contribution in [0.5, 0.6) is 0 Å². The zero-order valence-electron chi connectivity index (χ0n) is 50.2. The molecule has 15 atom stereocenters. The summed E-state index contributed by atoms with van der Waals surface area (Å²) in [4.78, 5) is 40.9. The van der Waals surface area contributed by atoms with E-state index in [1.165, 1.54) is 6.92 Å². The van der Waals surface area contributed by atoms with E-state index in [9.17, 15) is 19.5 Å². The first kappa shape index (κ1) is 64.6. The average molecular weight is 1220 g/mol. The molecule has 3 saturated heterocycles. The summed E-state index contributed by atoms with van der Waals surface area (Å²) < 4.78 is 88.7. The van der Waals surface area contributed by atoms with E-state index in [4.69, 9.17) is 61.6 Å². The van der Waals surface area contributed by atoms with E-state index < -0.39 is 104 Å². The third-order valence-corrected chi connectivity index (χ3v) is 15.7. The number of carbonyl (C=O) groups excluding carboxylic acids is 3. The van der Waals surface area contributed by atoms with Gasteiger partial charge < -0.3 is 71.5 Å². The molecular weight excluding hydrogens is 1140 g/mol. The Bertz CT molecular complexity index is 3210. The summed E-state index contributed by atoms with van der Waals surface area (Å²) in [5, 5.41) is 12.2. The van der Waals surface area contributed by atoms with Crippen LogP contribution in [-0.4, -0.2) is 122 Å². The van der Waals surface area contributed by atoms with Gasteiger partial charge >= 0.3 is 11.9 Å². The Kier molecular flexibility index (Phi) is 23.9. The molecule has 468 valence electrons. The monoisotopic (exact) mass is 1210 g/mol. The van der Waals surface area contributed by atoms with Gasteiger partial charge in [-0.3, -0.25) is 4.79 Å². The number of hydrogen-bond acceptors (Lipinski definition) is 17. The summed E-state index contributed by atoms with van der Waals surface area (Å²) in [6.07, 6.45) is -18.6. The largest absolute Gasteiger partial charge is 0.454 e. The highest BCUT2D eigenvalue weighted by Crippen LogP contribution is 2.39. The van der Waals surface area contributed by atoms with Crippen molar-refractivity contribution in [3.05, 3.63) is 251 Å². The number of hydrogen-bond donors (Lipinski definition) is 1. The molecule has 3 aliphatic heterocycles. The molecule has 0 aliphatic carbocycles. The van der Waals surface area contributed by atoms with Gasteiger partial charge in [0.2, 0.25) is 0 Å². The first-order valence-electron chi connectivity index (χ1n) is 30.3. The van der Waals surface area contributed by atoms with Crippen LogP contribution in [0.4, 0.5) is 0 Å². The number of Topliss-reactive ketones (excluding diaryl/α,β-unsaturated/α-hetero) is 1. The summed E-state index contributed by atoms with van der Waals surface area (Å²) >= 11 is 0. The summed E-state index contributed by atoms with van der Waals surface area (Å²) in [7, 11) is 0. The molecule has 89 heavy (non-hydrogen) atoms. The number of carbonyl (C=O) groups is 3. The van der Waals surface area contributed by atoms with Gasteiger partial charge in [-0.25, -0.2) is 4.79 Å². The maximum Gasteiger partial charge on any atom is 0.338 e. The van der Waals surface area contributed by atoms with Gasteiger partial charge in [-0.1, -0.05) is 200 Å². The number of aliphatic hydroxyl groups excluding tert-OH is 1. The lowest BCUT2D eigenvalue weighted by atomic mass is 9.95. The van der Waals surface area contributed by atoms with Gasteiger partial charge in [-0.05, 0) is 66.3 Å². The van der Waals surface area contributed by atoms with Crippen molar-refractivity contribution in [2.24, 2.45) is 0 Å². The molecule has 3 heterocycles. The highest BCUT2D eigenvalue weighted by Gasteiger charge is 2.57. The molecule has 7 aromatic rings. The molecule has 0 saturated carbocycles. The van der Waals surface area contributed by atoms with Gasteiger partial charge in [-0.2, -0.15) is 0 Å². The first-order chi connectivity index (χ1) is 43.5. The molecule has 0 radical (unpaired) electrons. The number of ketones is 1. The lowest BCUT2D eigenvalue weighted by molar-refractivity contribution is -0.387. The SMILES string of the molecule is CC(=O)CCC(=O)O[C@H]1[C@H](O[C@@H]2[C@@H](O[C@H]3O[C@H](COCc4ccccc4)[C@@H](OCc4ccccc4)[C@H](OCc4ccccc4)[C@H]3OCc3ccccc3)[C@H](C)O[C@@H](O)[C@@H]2OC(=O)c2ccccc2)O[C@@H](C)[C@H](OCc2ccccc2)[C@H]1OCc1ccccc1. The first-order valence-corrected chi connectivity index (χ1v) is 30.3. The molecule has 3 fully saturated rings. The van der Waals surface area contributed by atoms with Gasteiger partial charge in [0.25, 0.3) is 0 Å². The van der Waals surface area contributed by atoms with E-state index in [2.05, 4.69) is 0 Å². The van der Waals surface area contributed by atoms with Crippen molar-refractivity contribution in [2.75, 3.05) is 6.61 Å². The quantitative estimate of drug-likeness (QED) is 0.0435. The van der Waals surface area contributed by atoms with E-state index in [1.807, 2.05) is 182 Å². The molecule has 0 amide bonds. The van der Waals surface area contributed by atoms with E-state index in [0.717, 1.165) is 33.4 Å². The Morgan fingerprint density at radius 2 is 0.764 bits per heavy atom. The Hall–Kier alpha value is -7.33. The van der Waals surface area contributed by atoms with Crippen LogP contribution in [0.3, 0.4) is 0 Å². The van der Waals surface area contributed by atoms with Gasteiger partial charge in [0.15, 0.2) is 31.1 Å². The van der Waals surface area contributed by atoms with Gasteiger partial charge in [0, 0.05) is 6.42 Å². The standard InChI is InChI=1S/C72H78O17/c1-48(73)39-40-59(74)86-68-63(80-44-54-31-17-7-18-32-54)60(78-42-52-27-13-5-14-28-52)49(2)84-72(68)89-65-61(50(3)83-70(76)66(65)87-69(75)57-37-23-10-24-38-57)88-71-67(82-46-56-35-21-9-22-36-56)64(81-45-55-33-19-8-20-34-55)62(79-43-53-29-15-6-16-30-53)58(85-71)47-77-41-51-25-11-4-12-26-51/h4-38,49-50,58,60-68,70-72,76H,39-47H2,1-3H3/t49-,50-,58+,60-,61-,62+,63+,64-,65+,66+,67+,68+,70+,71+,72-/m0/s1. The Morgan fingerprint density at radius 3 is 1.24 bits per heavy atom. The van der Waals surface area contributed by atoms with Crippen LogP contribution in [0.1, 0.15) is 77.4 Å². The van der Waals surface area contributed by atoms with Crippen LogP contribution in [0, 0.1) is 0 Å². The van der Waals surface area contributed by atoms with E-state index in [-0.39, 0.29) is 70.4 Å². The van der Waals surface area contributed by atoms with Crippen molar-refractivity contribution in [1.82, 2.24) is 0 Å². The fourth-order valence-electron chi connectivity index (χ4n) is 11.0. The molecule has 10 rings (SSSR count). The zero-order chi connectivity index (χ0) is 61.7. The topological polar surface area (TPSA) is 191 Å². The number of rotatable bonds is 29. The minimum atomic E-state index is -1.82. The van der Waals surface area contributed by atoms with Crippen molar-refractivity contribution in [3.8, 4) is 0 Å². The van der Waals surface area contributed by atoms with Crippen molar-refractivity contribution >= 4 is 17.7 Å². The Labute approximate surface area is 519 Å². The summed E-state index contributed by atoms with van der Waals surface area (Å²) in [6.45, 7) is 5.69. The molecule has 7 aromatic carbocycles. The minimum Gasteiger partial charge on any atom is -0.454 e. The molecule has 0 aromatic heterocycles. The molecule has 3 aliphatic rings. The van der Waals surface area contributed by atoms with Crippen molar-refractivity contribution in [1.29, 1.82) is 0 Å². The van der Waals surface area contributed by atoms with Crippen molar-refractivity contribution in [3.63, 3.8) is 0 Å². The molecular formula is C72H78O17. The van der Waals surface area contributed by atoms with Gasteiger partial charge in [0.1, 0.15) is 54.6 Å². The Balaban J connectivity index is 1.06. The van der Waals surface area contributed by atoms with Crippen LogP contribution >= 0.6 is 0 Å². The summed E-state index contributed by atoms with van der Waals surface area (Å²) in [5.74, 6) is -1.78. The number of esters is 2. The molecule has 0 bridgehead atoms. The van der Waals surface area contributed by atoms with Crippen molar-refractivity contribution < 1.29 is 81.1 Å². The van der Waals surface area contributed by atoms with Crippen LogP contribution in [-0.2, 0) is 111 Å². The lowest BCUT2D eigenvalue weighted by Crippen LogP contribution is -2.67. The predicted octanol–water partition coefficient (Wildman–Crippen LogP) is 10.6. The number of ether oxygens (including phenoxy) is 13. The fourth-order valence-corrected chi connectivity index (χ4v) is 11.0. The lowest BCUT2D eigenvalue weighted by Gasteiger charge is -2.50. The van der Waals surface area contributed by atoms with E-state index >= 15 is 0 Å². The molecule has 1 N–H and O–H groups in total. The van der Waals surface area contributed by atoms with E-state index in [1.54, 1.807) is 44.2 Å². The van der Waals surface area contributed by atoms with E-state index in [0.29, 0.717) is 0 Å². The third-order valence-electron chi connectivity index (χ3n) is 15.7. The van der Waals surface area contributed by atoms with Gasteiger partial charge in [-0.15, -0.1) is 0 Å². The van der Waals surface area contributed by atoms with Crippen molar-refractivity contribution in [2.45, 2.75) is 165 Å². The van der Waals surface area contributed by atoms with Gasteiger partial charge in [0.05, 0.1) is 70.4 Å². The fraction of sp³-hybridized carbons (Fsp3) is 0.375. The third kappa shape index (κ3) is 18.4. The predicted molar refractivity (Wildman–Crippen MR) is 326 cm³/mol. The minimum absolute atomic E-state index is 0.000151. The zero-order valence-corrected chi connectivity index (χ0v) is 50.2. The summed E-state index contributed by atoms with van der Waals surface area (Å²) in [5.41, 5.74) is 5.42. The normalized spacial score (nSPS) is 26.9. The van der Waals surface area contributed by atoms with Crippen LogP contribution < -0.4 is 0 Å². The summed E-state index contributed by atoms with van der Waals surface area (Å²) in [6, 6.07) is 66.3. The van der Waals surface area contributed by atoms with Crippen LogP contribution in [0.15, 0.2) is 212 Å². The molecule has 17 heteroatoms. The smallest absolute Gasteiger partial charge is 0.338 e. The second kappa shape index (κ2) is 32.9. The second-order valence-corrected chi connectivity index (χ2v) is 22.4. The number of aliphatic hydroxyl groups is 1. The Morgan fingerprint density at radius 1 is 0.382 bits per heavy atom. The highest BCUT2D eigenvalue weighted by atomic mass is 16.8. The maximum atomic E-state index is 14.4. The average Bonchev–Trinajstić information content (AvgIpc) is 1.68. The molecule has 17 nitrogen and oxygen atoms in total. The van der Waals surface area contributed by atoms with Crippen LogP contribution in [0.2, 0.25) is 0 Å². The molecule has 0 unspecified atom stereocenters. The van der Waals surface area contributed by atoms with Crippen LogP contribution in [0.25, 0.3) is 0 Å². The maximum absolute atomic E-state index is 14.4.